The summed E-state index contributed by atoms with van der Waals surface area (Å²) in [7, 11) is 0. The molecule has 0 N–H and O–H groups in total. The summed E-state index contributed by atoms with van der Waals surface area (Å²) in [6, 6.07) is 78.0. The second kappa shape index (κ2) is 17.9. The maximum Gasteiger partial charge on any atom is 0.160 e. The fraction of sp³-hybridized carbons (Fsp3) is 0.0172. The summed E-state index contributed by atoms with van der Waals surface area (Å²) >= 11 is 0. The second-order valence-corrected chi connectivity index (χ2v) is 15.0. The smallest absolute Gasteiger partial charge is 0.160 e. The number of hydrogen-bond acceptors (Lipinski definition) is 3. The highest BCUT2D eigenvalue weighted by Crippen LogP contribution is 2.35. The van der Waals surface area contributed by atoms with E-state index in [4.69, 9.17) is 15.0 Å². The summed E-state index contributed by atoms with van der Waals surface area (Å²) in [6.45, 7) is 6.44. The lowest BCUT2D eigenvalue weighted by Crippen LogP contribution is -1.96. The predicted molar refractivity (Wildman–Crippen MR) is 257 cm³/mol. The van der Waals surface area contributed by atoms with E-state index >= 15 is 0 Å². The third kappa shape index (κ3) is 9.02. The first-order valence-electron chi connectivity index (χ1n) is 20.5. The molecule has 3 nitrogen and oxygen atoms in total. The quantitative estimate of drug-likeness (QED) is 0.0968. The number of nitrogens with zero attached hydrogens (tertiary/aromatic N) is 3. The van der Waals surface area contributed by atoms with Gasteiger partial charge in [-0.15, -0.1) is 0 Å². The highest BCUT2D eigenvalue weighted by molar-refractivity contribution is 6.03. The Morgan fingerprint density at radius 1 is 0.377 bits per heavy atom. The van der Waals surface area contributed by atoms with Gasteiger partial charge in [0.15, 0.2) is 5.82 Å². The maximum atomic E-state index is 5.17. The van der Waals surface area contributed by atoms with Crippen molar-refractivity contribution in [1.82, 2.24) is 9.97 Å². The van der Waals surface area contributed by atoms with Crippen molar-refractivity contribution < 1.29 is 0 Å². The molecule has 3 heteroatoms. The van der Waals surface area contributed by atoms with E-state index in [1.165, 1.54) is 5.56 Å². The van der Waals surface area contributed by atoms with Gasteiger partial charge in [0.05, 0.1) is 17.1 Å². The first kappa shape index (κ1) is 38.5. The van der Waals surface area contributed by atoms with E-state index in [2.05, 4.69) is 171 Å². The van der Waals surface area contributed by atoms with Crippen LogP contribution in [0.25, 0.3) is 78.6 Å². The van der Waals surface area contributed by atoms with Gasteiger partial charge in [0, 0.05) is 28.0 Å². The normalized spacial score (nSPS) is 11.6. The first-order valence-corrected chi connectivity index (χ1v) is 20.5. The lowest BCUT2D eigenvalue weighted by molar-refractivity contribution is 1.18. The van der Waals surface area contributed by atoms with Crippen LogP contribution in [-0.2, 0) is 0 Å². The molecule has 1 aromatic heterocycles. The van der Waals surface area contributed by atoms with Gasteiger partial charge in [-0.3, -0.25) is 4.99 Å². The molecule has 9 rings (SSSR count). The summed E-state index contributed by atoms with van der Waals surface area (Å²) < 4.78 is 0. The molecule has 0 saturated carbocycles. The third-order valence-electron chi connectivity index (χ3n) is 10.8. The fourth-order valence-corrected chi connectivity index (χ4v) is 7.50. The summed E-state index contributed by atoms with van der Waals surface area (Å²) in [5.74, 6) is 0.704. The van der Waals surface area contributed by atoms with Crippen LogP contribution in [0.5, 0.6) is 0 Å². The molecule has 8 aromatic carbocycles. The Morgan fingerprint density at radius 3 is 1.26 bits per heavy atom. The second-order valence-electron chi connectivity index (χ2n) is 15.0. The van der Waals surface area contributed by atoms with Crippen LogP contribution < -0.4 is 0 Å². The molecule has 290 valence electrons. The molecule has 0 atom stereocenters. The van der Waals surface area contributed by atoms with Gasteiger partial charge >= 0.3 is 0 Å². The molecule has 0 fully saturated rings. The monoisotopic (exact) mass is 781 g/mol. The summed E-state index contributed by atoms with van der Waals surface area (Å²) in [6.07, 6.45) is 2.07. The average molecular weight is 782 g/mol. The van der Waals surface area contributed by atoms with Gasteiger partial charge in [0.2, 0.25) is 0 Å². The molecule has 0 aliphatic rings. The Morgan fingerprint density at radius 2 is 0.754 bits per heavy atom. The Labute approximate surface area is 358 Å². The van der Waals surface area contributed by atoms with Crippen LogP contribution in [0.4, 0.5) is 0 Å². The third-order valence-corrected chi connectivity index (χ3v) is 10.8. The maximum absolute atomic E-state index is 5.17. The van der Waals surface area contributed by atoms with E-state index in [-0.39, 0.29) is 0 Å². The van der Waals surface area contributed by atoms with Gasteiger partial charge in [0.1, 0.15) is 0 Å². The predicted octanol–water partition coefficient (Wildman–Crippen LogP) is 15.0. The molecular formula is C58H43N3. The lowest BCUT2D eigenvalue weighted by Gasteiger charge is -2.13. The Kier molecular flexibility index (Phi) is 11.3. The van der Waals surface area contributed by atoms with Crippen LogP contribution >= 0.6 is 0 Å². The van der Waals surface area contributed by atoms with E-state index < -0.39 is 0 Å². The van der Waals surface area contributed by atoms with Crippen molar-refractivity contribution in [2.75, 3.05) is 0 Å². The number of allylic oxidation sites excluding steroid dienone is 2. The molecule has 1 heterocycles. The fourth-order valence-electron chi connectivity index (χ4n) is 7.50. The van der Waals surface area contributed by atoms with Crippen molar-refractivity contribution in [3.8, 4) is 67.3 Å². The lowest BCUT2D eigenvalue weighted by atomic mass is 9.92. The average Bonchev–Trinajstić information content (AvgIpc) is 3.35. The molecule has 0 radical (unpaired) electrons. The molecule has 61 heavy (non-hydrogen) atoms. The van der Waals surface area contributed by atoms with Crippen molar-refractivity contribution >= 4 is 17.0 Å². The minimum atomic E-state index is 0.704. The van der Waals surface area contributed by atoms with Crippen LogP contribution in [0.2, 0.25) is 0 Å². The van der Waals surface area contributed by atoms with Crippen molar-refractivity contribution in [3.63, 3.8) is 0 Å². The molecule has 0 amide bonds. The number of aliphatic imine (C=N–C) groups is 1. The molecule has 9 aromatic rings. The molecule has 0 spiro atoms. The highest BCUT2D eigenvalue weighted by Gasteiger charge is 2.13. The van der Waals surface area contributed by atoms with E-state index in [1.807, 2.05) is 72.8 Å². The molecule has 0 unspecified atom stereocenters. The number of rotatable bonds is 11. The Balaban J connectivity index is 1.05. The highest BCUT2D eigenvalue weighted by atomic mass is 14.9. The van der Waals surface area contributed by atoms with E-state index in [0.717, 1.165) is 89.6 Å². The molecular weight excluding hydrogens is 739 g/mol. The molecule has 0 saturated heterocycles. The van der Waals surface area contributed by atoms with Gasteiger partial charge in [-0.1, -0.05) is 207 Å². The van der Waals surface area contributed by atoms with Crippen LogP contribution in [0.1, 0.15) is 23.6 Å². The van der Waals surface area contributed by atoms with Crippen LogP contribution in [0.15, 0.2) is 242 Å². The molecule has 0 aliphatic heterocycles. The molecule has 0 aliphatic carbocycles. The Hall–Kier alpha value is -8.01. The zero-order valence-corrected chi connectivity index (χ0v) is 34.0. The van der Waals surface area contributed by atoms with Crippen LogP contribution in [0.3, 0.4) is 0 Å². The van der Waals surface area contributed by atoms with E-state index in [1.54, 1.807) is 0 Å². The molecule has 0 bridgehead atoms. The topological polar surface area (TPSA) is 38.1 Å². The zero-order valence-electron chi connectivity index (χ0n) is 34.0. The van der Waals surface area contributed by atoms with Crippen molar-refractivity contribution in [1.29, 1.82) is 0 Å². The summed E-state index contributed by atoms with van der Waals surface area (Å²) in [5, 5.41) is 0. The van der Waals surface area contributed by atoms with Crippen molar-refractivity contribution in [2.45, 2.75) is 6.92 Å². The first-order chi connectivity index (χ1) is 30.0. The number of aromatic nitrogens is 2. The number of benzene rings is 8. The largest absolute Gasteiger partial charge is 0.252 e. The van der Waals surface area contributed by atoms with Gasteiger partial charge in [-0.2, -0.15) is 0 Å². The zero-order chi connectivity index (χ0) is 41.4. The van der Waals surface area contributed by atoms with Gasteiger partial charge in [0.25, 0.3) is 0 Å². The minimum absolute atomic E-state index is 0.704. The SMILES string of the molecule is C=C(/C=C(\N=C(C)c1ccc(-c2cc(-c3ccccc3)cc(-c3ccc(-c4cc(-c5ccccc5)nc(-c5ccccc5)n4)cc3)c2)cc1)c1ccccc1)c1ccccc1. The van der Waals surface area contributed by atoms with Gasteiger partial charge in [-0.25, -0.2) is 9.97 Å². The van der Waals surface area contributed by atoms with Gasteiger partial charge in [-0.05, 0) is 87.3 Å². The van der Waals surface area contributed by atoms with Gasteiger partial charge < -0.3 is 0 Å². The van der Waals surface area contributed by atoms with Crippen molar-refractivity contribution in [3.05, 3.63) is 254 Å². The van der Waals surface area contributed by atoms with Crippen molar-refractivity contribution in [2.24, 2.45) is 4.99 Å². The summed E-state index contributed by atoms with van der Waals surface area (Å²) in [4.78, 5) is 15.2. The van der Waals surface area contributed by atoms with E-state index in [0.29, 0.717) is 5.82 Å². The van der Waals surface area contributed by atoms with Crippen LogP contribution in [-0.4, -0.2) is 15.7 Å². The van der Waals surface area contributed by atoms with E-state index in [9.17, 15) is 0 Å². The number of hydrogen-bond donors (Lipinski definition) is 0. The Bertz CT molecular complexity index is 2920. The minimum Gasteiger partial charge on any atom is -0.252 e. The summed E-state index contributed by atoms with van der Waals surface area (Å²) in [5.41, 5.74) is 17.6. The van der Waals surface area contributed by atoms with Crippen LogP contribution in [0, 0.1) is 0 Å². The standard InChI is InChI=1S/C58H43N3/c1-41(43-18-8-3-9-19-43)36-55(48-22-12-5-13-23-48)59-42(2)44-28-30-46(31-29-44)53-37-52(45-20-10-4-11-21-45)38-54(39-53)47-32-34-50(35-33-47)57-40-56(49-24-14-6-15-25-49)60-58(61-57)51-26-16-7-17-27-51/h3-40H,1H2,2H3/b55-36-,59-42?.